The molecule has 0 unspecified atom stereocenters. The third-order valence-corrected chi connectivity index (χ3v) is 5.37. The van der Waals surface area contributed by atoms with E-state index in [-0.39, 0.29) is 20.3 Å². The third-order valence-electron chi connectivity index (χ3n) is 2.40. The minimum absolute atomic E-state index is 0.157. The maximum atomic E-state index is 13.2. The van der Waals surface area contributed by atoms with Gasteiger partial charge in [-0.25, -0.2) is 0 Å². The summed E-state index contributed by atoms with van der Waals surface area (Å²) in [5, 5.41) is 2.42. The van der Waals surface area contributed by atoms with Gasteiger partial charge in [-0.3, -0.25) is 0 Å². The van der Waals surface area contributed by atoms with Crippen molar-refractivity contribution in [1.29, 1.82) is 0 Å². The van der Waals surface area contributed by atoms with Gasteiger partial charge < -0.3 is 0 Å². The van der Waals surface area contributed by atoms with Crippen molar-refractivity contribution in [2.24, 2.45) is 0 Å². The van der Waals surface area contributed by atoms with Crippen LogP contribution in [0.1, 0.15) is 0 Å². The summed E-state index contributed by atoms with van der Waals surface area (Å²) < 4.78 is 16.6. The molecule has 3 rings (SSSR count). The fraction of sp³-hybridized carbons (Fsp3) is 0. The Hall–Kier alpha value is -0.631. The molecular formula is C12H6BrFSe. The van der Waals surface area contributed by atoms with E-state index in [1.807, 2.05) is 12.1 Å². The molecule has 0 fully saturated rings. The van der Waals surface area contributed by atoms with Crippen molar-refractivity contribution in [3.63, 3.8) is 0 Å². The first-order valence-corrected chi connectivity index (χ1v) is 7.02. The topological polar surface area (TPSA) is 0 Å². The Labute approximate surface area is 101 Å². The van der Waals surface area contributed by atoms with Crippen molar-refractivity contribution in [3.05, 3.63) is 46.7 Å². The molecule has 0 saturated heterocycles. The molecule has 1 aromatic heterocycles. The Bertz CT molecular complexity index is 657. The molecule has 0 atom stereocenters. The average Bonchev–Trinajstić information content (AvgIpc) is 2.54. The second kappa shape index (κ2) is 3.44. The number of rotatable bonds is 0. The molecule has 74 valence electrons. The van der Waals surface area contributed by atoms with E-state index in [2.05, 4.69) is 28.1 Å². The van der Waals surface area contributed by atoms with Crippen LogP contribution in [-0.4, -0.2) is 14.5 Å². The summed E-state index contributed by atoms with van der Waals surface area (Å²) in [6, 6.07) is 11.5. The Morgan fingerprint density at radius 1 is 1.07 bits per heavy atom. The van der Waals surface area contributed by atoms with Crippen LogP contribution in [0.4, 0.5) is 4.39 Å². The Balaban J connectivity index is 2.61. The van der Waals surface area contributed by atoms with Crippen LogP contribution in [0.5, 0.6) is 0 Å². The van der Waals surface area contributed by atoms with E-state index in [1.54, 1.807) is 6.07 Å². The molecule has 0 nitrogen and oxygen atoms in total. The molecule has 3 aromatic rings. The number of halogens is 2. The van der Waals surface area contributed by atoms with Crippen LogP contribution in [-0.2, 0) is 0 Å². The van der Waals surface area contributed by atoms with E-state index in [0.717, 1.165) is 8.73 Å². The molecular weight excluding hydrogens is 322 g/mol. The number of hydrogen-bond acceptors (Lipinski definition) is 0. The summed E-state index contributed by atoms with van der Waals surface area (Å²) in [5.74, 6) is -0.157. The second-order valence-corrected chi connectivity index (χ2v) is 6.49. The zero-order valence-electron chi connectivity index (χ0n) is 7.63. The molecule has 0 aliphatic rings. The molecule has 0 N–H and O–H groups in total. The summed E-state index contributed by atoms with van der Waals surface area (Å²) >= 11 is 3.68. The molecule has 0 bridgehead atoms. The second-order valence-electron chi connectivity index (χ2n) is 3.36. The Kier molecular flexibility index (Phi) is 2.20. The summed E-state index contributed by atoms with van der Waals surface area (Å²) in [7, 11) is 0. The van der Waals surface area contributed by atoms with Crippen LogP contribution in [0.25, 0.3) is 19.3 Å². The van der Waals surface area contributed by atoms with Crippen molar-refractivity contribution in [2.75, 3.05) is 0 Å². The van der Waals surface area contributed by atoms with E-state index in [1.165, 1.54) is 21.1 Å². The van der Waals surface area contributed by atoms with Crippen LogP contribution in [0.15, 0.2) is 40.9 Å². The molecule has 15 heavy (non-hydrogen) atoms. The molecule has 0 saturated carbocycles. The van der Waals surface area contributed by atoms with Crippen molar-refractivity contribution in [2.45, 2.75) is 0 Å². The van der Waals surface area contributed by atoms with Crippen molar-refractivity contribution in [1.82, 2.24) is 0 Å². The first-order chi connectivity index (χ1) is 7.25. The van der Waals surface area contributed by atoms with E-state index in [4.69, 9.17) is 0 Å². The van der Waals surface area contributed by atoms with Crippen molar-refractivity contribution in [3.8, 4) is 0 Å². The van der Waals surface area contributed by atoms with Gasteiger partial charge in [0.1, 0.15) is 0 Å². The predicted octanol–water partition coefficient (Wildman–Crippen LogP) is 3.95. The molecule has 0 aliphatic heterocycles. The first kappa shape index (κ1) is 9.59. The summed E-state index contributed by atoms with van der Waals surface area (Å²) in [6.07, 6.45) is 0. The van der Waals surface area contributed by atoms with Gasteiger partial charge in [0.25, 0.3) is 0 Å². The van der Waals surface area contributed by atoms with Gasteiger partial charge >= 0.3 is 101 Å². The summed E-state index contributed by atoms with van der Waals surface area (Å²) in [5.41, 5.74) is 0. The quantitative estimate of drug-likeness (QED) is 0.548. The normalized spacial score (nSPS) is 11.3. The van der Waals surface area contributed by atoms with Gasteiger partial charge in [0, 0.05) is 0 Å². The number of fused-ring (bicyclic) bond motifs is 3. The average molecular weight is 328 g/mol. The molecule has 0 aliphatic carbocycles. The van der Waals surface area contributed by atoms with Gasteiger partial charge in [-0.1, -0.05) is 0 Å². The van der Waals surface area contributed by atoms with Crippen LogP contribution in [0.3, 0.4) is 0 Å². The molecule has 1 heterocycles. The monoisotopic (exact) mass is 328 g/mol. The molecule has 2 aromatic carbocycles. The van der Waals surface area contributed by atoms with Crippen LogP contribution in [0.2, 0.25) is 0 Å². The Morgan fingerprint density at radius 3 is 2.73 bits per heavy atom. The van der Waals surface area contributed by atoms with E-state index in [9.17, 15) is 4.39 Å². The fourth-order valence-corrected chi connectivity index (χ4v) is 5.14. The van der Waals surface area contributed by atoms with Gasteiger partial charge in [-0.05, 0) is 0 Å². The van der Waals surface area contributed by atoms with Gasteiger partial charge in [0.15, 0.2) is 0 Å². The number of hydrogen-bond donors (Lipinski definition) is 0. The molecule has 3 heteroatoms. The summed E-state index contributed by atoms with van der Waals surface area (Å²) in [4.78, 5) is 0. The fourth-order valence-electron chi connectivity index (χ4n) is 1.77. The predicted molar refractivity (Wildman–Crippen MR) is 66.1 cm³/mol. The SMILES string of the molecule is Fc1cc(Br)c2c(c1)[se]c1ccccc12. The molecule has 0 radical (unpaired) electrons. The van der Waals surface area contributed by atoms with Gasteiger partial charge in [-0.15, -0.1) is 0 Å². The Morgan fingerprint density at radius 2 is 1.87 bits per heavy atom. The molecule has 0 amide bonds. The van der Waals surface area contributed by atoms with Crippen LogP contribution in [0, 0.1) is 5.82 Å². The zero-order valence-corrected chi connectivity index (χ0v) is 10.9. The summed E-state index contributed by atoms with van der Waals surface area (Å²) in [6.45, 7) is 0. The molecule has 0 spiro atoms. The van der Waals surface area contributed by atoms with Crippen molar-refractivity contribution >= 4 is 49.7 Å². The van der Waals surface area contributed by atoms with E-state index in [0.29, 0.717) is 0 Å². The third kappa shape index (κ3) is 1.46. The van der Waals surface area contributed by atoms with Gasteiger partial charge in [0.05, 0.1) is 0 Å². The maximum absolute atomic E-state index is 13.2. The number of benzene rings is 2. The standard InChI is InChI=1S/C12H6BrFSe/c13-9-5-7(14)6-11-12(9)8-3-1-2-4-10(8)15-11/h1-6H. The zero-order chi connectivity index (χ0) is 10.4. The van der Waals surface area contributed by atoms with Crippen molar-refractivity contribution < 1.29 is 4.39 Å². The van der Waals surface area contributed by atoms with Crippen LogP contribution >= 0.6 is 15.9 Å². The van der Waals surface area contributed by atoms with Gasteiger partial charge in [0.2, 0.25) is 0 Å². The first-order valence-electron chi connectivity index (χ1n) is 4.52. The van der Waals surface area contributed by atoms with Gasteiger partial charge in [-0.2, -0.15) is 0 Å². The van der Waals surface area contributed by atoms with Crippen LogP contribution < -0.4 is 0 Å². The van der Waals surface area contributed by atoms with E-state index >= 15 is 0 Å². The van der Waals surface area contributed by atoms with E-state index < -0.39 is 0 Å². The minimum atomic E-state index is -0.157.